The Hall–Kier alpha value is -1.53. The summed E-state index contributed by atoms with van der Waals surface area (Å²) in [5.74, 6) is 0. The van der Waals surface area contributed by atoms with E-state index in [0.717, 1.165) is 19.6 Å². The van der Waals surface area contributed by atoms with Gasteiger partial charge in [0.05, 0.1) is 6.07 Å². The Morgan fingerprint density at radius 2 is 2.14 bits per heavy atom. The van der Waals surface area contributed by atoms with Gasteiger partial charge >= 0.3 is 0 Å². The minimum Gasteiger partial charge on any atom is -0.368 e. The third-order valence-electron chi connectivity index (χ3n) is 2.45. The fourth-order valence-electron chi connectivity index (χ4n) is 1.71. The van der Waals surface area contributed by atoms with Crippen LogP contribution in [0.5, 0.6) is 0 Å². The summed E-state index contributed by atoms with van der Waals surface area (Å²) in [7, 11) is 0. The van der Waals surface area contributed by atoms with Gasteiger partial charge in [-0.15, -0.1) is 0 Å². The van der Waals surface area contributed by atoms with Crippen molar-refractivity contribution >= 4 is 5.69 Å². The van der Waals surface area contributed by atoms with Crippen LogP contribution in [0.4, 0.5) is 5.69 Å². The van der Waals surface area contributed by atoms with Crippen LogP contribution in [0.2, 0.25) is 0 Å². The fraction of sp³-hybridized carbons (Fsp3) is 0.364. The first-order valence-electron chi connectivity index (χ1n) is 4.83. The molecule has 3 nitrogen and oxygen atoms in total. The van der Waals surface area contributed by atoms with Gasteiger partial charge in [-0.25, -0.2) is 0 Å². The third-order valence-corrected chi connectivity index (χ3v) is 2.45. The average Bonchev–Trinajstić information content (AvgIpc) is 2.30. The number of hydrogen-bond donors (Lipinski definition) is 1. The second kappa shape index (κ2) is 4.12. The van der Waals surface area contributed by atoms with E-state index in [9.17, 15) is 0 Å². The smallest absolute Gasteiger partial charge is 0.113 e. The summed E-state index contributed by atoms with van der Waals surface area (Å²) in [4.78, 5) is 2.24. The summed E-state index contributed by atoms with van der Waals surface area (Å²) >= 11 is 0. The normalized spacial score (nSPS) is 21.6. The number of nitrogens with one attached hydrogen (secondary N) is 1. The predicted molar refractivity (Wildman–Crippen MR) is 56.1 cm³/mol. The molecule has 1 N–H and O–H groups in total. The van der Waals surface area contributed by atoms with Crippen LogP contribution in [0.3, 0.4) is 0 Å². The van der Waals surface area contributed by atoms with Crippen molar-refractivity contribution in [1.29, 1.82) is 5.26 Å². The fourth-order valence-corrected chi connectivity index (χ4v) is 1.71. The number of hydrogen-bond acceptors (Lipinski definition) is 3. The molecule has 0 radical (unpaired) electrons. The number of nitriles is 1. The predicted octanol–water partition coefficient (Wildman–Crippen LogP) is 0.988. The topological polar surface area (TPSA) is 39.1 Å². The Labute approximate surface area is 84.0 Å². The molecule has 0 spiro atoms. The van der Waals surface area contributed by atoms with E-state index in [1.807, 2.05) is 18.2 Å². The van der Waals surface area contributed by atoms with Crippen LogP contribution in [-0.2, 0) is 0 Å². The Kier molecular flexibility index (Phi) is 2.66. The molecule has 3 heteroatoms. The first-order chi connectivity index (χ1) is 6.90. The van der Waals surface area contributed by atoms with Gasteiger partial charge < -0.3 is 4.90 Å². The Morgan fingerprint density at radius 3 is 2.86 bits per heavy atom. The Bertz CT molecular complexity index is 328. The quantitative estimate of drug-likeness (QED) is 0.712. The molecule has 1 aromatic rings. The summed E-state index contributed by atoms with van der Waals surface area (Å²) in [6, 6.07) is 12.4. The number of para-hydroxylation sites is 1. The summed E-state index contributed by atoms with van der Waals surface area (Å²) in [6.07, 6.45) is 0. The number of nitrogens with zero attached hydrogens (tertiary/aromatic N) is 2. The second-order valence-corrected chi connectivity index (χ2v) is 3.42. The van der Waals surface area contributed by atoms with Crippen molar-refractivity contribution in [3.05, 3.63) is 30.3 Å². The molecule has 1 unspecified atom stereocenters. The maximum atomic E-state index is 8.82. The zero-order valence-electron chi connectivity index (χ0n) is 7.98. The van der Waals surface area contributed by atoms with Crippen molar-refractivity contribution in [3.63, 3.8) is 0 Å². The molecule has 0 aromatic heterocycles. The first-order valence-corrected chi connectivity index (χ1v) is 4.83. The van der Waals surface area contributed by atoms with Crippen LogP contribution in [0, 0.1) is 11.3 Å². The molecule has 14 heavy (non-hydrogen) atoms. The molecular weight excluding hydrogens is 174 g/mol. The minimum absolute atomic E-state index is 0.0380. The SMILES string of the molecule is N#CC1CN(c2ccccc2)CCN1. The van der Waals surface area contributed by atoms with E-state index in [-0.39, 0.29) is 6.04 Å². The van der Waals surface area contributed by atoms with Gasteiger partial charge in [-0.1, -0.05) is 18.2 Å². The monoisotopic (exact) mass is 187 g/mol. The minimum atomic E-state index is -0.0380. The van der Waals surface area contributed by atoms with Gasteiger partial charge in [0.1, 0.15) is 6.04 Å². The zero-order chi connectivity index (χ0) is 9.80. The first kappa shape index (κ1) is 9.04. The summed E-state index contributed by atoms with van der Waals surface area (Å²) in [6.45, 7) is 2.63. The van der Waals surface area contributed by atoms with Crippen molar-refractivity contribution in [2.75, 3.05) is 24.5 Å². The molecule has 1 aliphatic rings. The highest BCUT2D eigenvalue weighted by molar-refractivity contribution is 5.47. The molecular formula is C11H13N3. The van der Waals surface area contributed by atoms with Gasteiger partial charge in [0.25, 0.3) is 0 Å². The number of anilines is 1. The maximum Gasteiger partial charge on any atom is 0.113 e. The lowest BCUT2D eigenvalue weighted by Gasteiger charge is -2.32. The van der Waals surface area contributed by atoms with Gasteiger partial charge in [0.15, 0.2) is 0 Å². The highest BCUT2D eigenvalue weighted by Gasteiger charge is 2.18. The van der Waals surface area contributed by atoms with Crippen LogP contribution >= 0.6 is 0 Å². The molecule has 2 rings (SSSR count). The molecule has 0 saturated carbocycles. The van der Waals surface area contributed by atoms with E-state index < -0.39 is 0 Å². The summed E-state index contributed by atoms with van der Waals surface area (Å²) in [5, 5.41) is 12.0. The lowest BCUT2D eigenvalue weighted by Crippen LogP contribution is -2.50. The van der Waals surface area contributed by atoms with E-state index in [1.54, 1.807) is 0 Å². The molecule has 1 aliphatic heterocycles. The van der Waals surface area contributed by atoms with Crippen LogP contribution in [0.1, 0.15) is 0 Å². The van der Waals surface area contributed by atoms with E-state index in [0.29, 0.717) is 0 Å². The number of piperazine rings is 1. The van der Waals surface area contributed by atoms with Gasteiger partial charge in [-0.2, -0.15) is 5.26 Å². The summed E-state index contributed by atoms with van der Waals surface area (Å²) in [5.41, 5.74) is 1.20. The van der Waals surface area contributed by atoms with Gasteiger partial charge in [-0.05, 0) is 12.1 Å². The molecule has 1 atom stereocenters. The molecule has 0 amide bonds. The van der Waals surface area contributed by atoms with E-state index in [1.165, 1.54) is 5.69 Å². The third kappa shape index (κ3) is 1.86. The van der Waals surface area contributed by atoms with Crippen molar-refractivity contribution in [2.45, 2.75) is 6.04 Å². The van der Waals surface area contributed by atoms with Crippen LogP contribution < -0.4 is 10.2 Å². The van der Waals surface area contributed by atoms with Crippen LogP contribution in [0.25, 0.3) is 0 Å². The number of rotatable bonds is 1. The largest absolute Gasteiger partial charge is 0.368 e. The summed E-state index contributed by atoms with van der Waals surface area (Å²) < 4.78 is 0. The number of benzene rings is 1. The average molecular weight is 187 g/mol. The molecule has 1 heterocycles. The lowest BCUT2D eigenvalue weighted by atomic mass is 10.2. The Balaban J connectivity index is 2.09. The van der Waals surface area contributed by atoms with Crippen molar-refractivity contribution < 1.29 is 0 Å². The van der Waals surface area contributed by atoms with Gasteiger partial charge in [0, 0.05) is 25.3 Å². The highest BCUT2D eigenvalue weighted by Crippen LogP contribution is 2.14. The van der Waals surface area contributed by atoms with Crippen molar-refractivity contribution in [2.24, 2.45) is 0 Å². The molecule has 0 bridgehead atoms. The molecule has 1 aromatic carbocycles. The van der Waals surface area contributed by atoms with Gasteiger partial charge in [-0.3, -0.25) is 5.32 Å². The zero-order valence-corrected chi connectivity index (χ0v) is 7.98. The van der Waals surface area contributed by atoms with Crippen LogP contribution in [-0.4, -0.2) is 25.7 Å². The second-order valence-electron chi connectivity index (χ2n) is 3.42. The van der Waals surface area contributed by atoms with Gasteiger partial charge in [0.2, 0.25) is 0 Å². The van der Waals surface area contributed by atoms with Crippen LogP contribution in [0.15, 0.2) is 30.3 Å². The Morgan fingerprint density at radius 1 is 1.36 bits per heavy atom. The van der Waals surface area contributed by atoms with E-state index in [2.05, 4.69) is 28.4 Å². The molecule has 1 fully saturated rings. The van der Waals surface area contributed by atoms with E-state index >= 15 is 0 Å². The molecule has 1 saturated heterocycles. The van der Waals surface area contributed by atoms with Crippen molar-refractivity contribution in [1.82, 2.24) is 5.32 Å². The maximum absolute atomic E-state index is 8.82. The molecule has 0 aliphatic carbocycles. The molecule has 72 valence electrons. The van der Waals surface area contributed by atoms with E-state index in [4.69, 9.17) is 5.26 Å². The standard InChI is InChI=1S/C11H13N3/c12-8-10-9-14(7-6-13-10)11-4-2-1-3-5-11/h1-5,10,13H,6-7,9H2. The highest BCUT2D eigenvalue weighted by atomic mass is 15.2. The lowest BCUT2D eigenvalue weighted by molar-refractivity contribution is 0.525. The van der Waals surface area contributed by atoms with Crippen molar-refractivity contribution in [3.8, 4) is 6.07 Å².